The van der Waals surface area contributed by atoms with Gasteiger partial charge in [0.15, 0.2) is 0 Å². The van der Waals surface area contributed by atoms with Gasteiger partial charge in [-0.2, -0.15) is 0 Å². The average molecular weight is 233 g/mol. The van der Waals surface area contributed by atoms with Crippen LogP contribution in [0.5, 0.6) is 0 Å². The van der Waals surface area contributed by atoms with Crippen LogP contribution in [0.1, 0.15) is 6.92 Å². The summed E-state index contributed by atoms with van der Waals surface area (Å²) in [7, 11) is 3.41. The molecule has 6 heteroatoms. The summed E-state index contributed by atoms with van der Waals surface area (Å²) in [6, 6.07) is 0. The van der Waals surface area contributed by atoms with E-state index in [1.165, 1.54) is 6.92 Å². The smallest absolute Gasteiger partial charge is 0.256 e. The summed E-state index contributed by atoms with van der Waals surface area (Å²) in [6.45, 7) is 5.11. The number of hydrogen-bond donors (Lipinski definition) is 2. The Kier molecular flexibility index (Phi) is 5.08. The van der Waals surface area contributed by atoms with Crippen LogP contribution < -0.4 is 5.09 Å². The van der Waals surface area contributed by atoms with E-state index in [1.54, 1.807) is 0 Å². The predicted octanol–water partition coefficient (Wildman–Crippen LogP) is 0.216. The van der Waals surface area contributed by atoms with Crippen molar-refractivity contribution in [3.8, 4) is 0 Å². The third-order valence-electron chi connectivity index (χ3n) is 1.44. The predicted molar refractivity (Wildman–Crippen MR) is 60.0 cm³/mol. The Hall–Kier alpha value is -0.770. The lowest BCUT2D eigenvalue weighted by molar-refractivity contribution is -0.861. The number of amides is 1. The van der Waals surface area contributed by atoms with Crippen LogP contribution in [-0.4, -0.2) is 48.5 Å². The minimum atomic E-state index is -2.09. The van der Waals surface area contributed by atoms with Crippen LogP contribution in [0.4, 0.5) is 0 Å². The van der Waals surface area contributed by atoms with Crippen molar-refractivity contribution in [3.63, 3.8) is 0 Å². The van der Waals surface area contributed by atoms with E-state index in [9.17, 15) is 14.5 Å². The van der Waals surface area contributed by atoms with Crippen LogP contribution in [0, 0.1) is 0 Å². The third-order valence-corrected chi connectivity index (χ3v) is 2.47. The molecular formula is C9H18N2O3P+. The molecule has 0 aliphatic rings. The molecule has 0 radical (unpaired) electrons. The summed E-state index contributed by atoms with van der Waals surface area (Å²) in [4.78, 5) is 32.0. The Morgan fingerprint density at radius 2 is 1.87 bits per heavy atom. The number of nitrogens with one attached hydrogen (secondary N) is 1. The lowest BCUT2D eigenvalue weighted by Crippen LogP contribution is -2.40. The molecule has 86 valence electrons. The summed E-state index contributed by atoms with van der Waals surface area (Å²) in [6.07, 6.45) is 0. The molecule has 0 spiro atoms. The zero-order valence-corrected chi connectivity index (χ0v) is 10.5. The van der Waals surface area contributed by atoms with E-state index in [0.29, 0.717) is 4.48 Å². The molecule has 0 bridgehead atoms. The molecule has 0 aliphatic heterocycles. The van der Waals surface area contributed by atoms with Gasteiger partial charge in [0.05, 0.1) is 21.1 Å². The second-order valence-corrected chi connectivity index (χ2v) is 5.72. The fourth-order valence-electron chi connectivity index (χ4n) is 0.727. The number of carbonyl (C=O) groups excluding carboxylic acids is 2. The van der Waals surface area contributed by atoms with Crippen molar-refractivity contribution in [2.24, 2.45) is 0 Å². The van der Waals surface area contributed by atoms with E-state index < -0.39 is 14.2 Å². The Bertz CT molecular complexity index is 284. The largest absolute Gasteiger partial charge is 0.349 e. The van der Waals surface area contributed by atoms with Gasteiger partial charge in [0, 0.05) is 5.57 Å². The molecule has 0 saturated heterocycles. The van der Waals surface area contributed by atoms with Crippen molar-refractivity contribution in [2.45, 2.75) is 6.92 Å². The molecule has 0 fully saturated rings. The maximum Gasteiger partial charge on any atom is 0.256 e. The molecule has 0 aromatic carbocycles. The van der Waals surface area contributed by atoms with Crippen molar-refractivity contribution < 1.29 is 19.0 Å². The number of nitrogens with zero attached hydrogens (tertiary/aromatic N) is 1. The maximum atomic E-state index is 11.4. The first-order valence-corrected chi connectivity index (χ1v) is 5.71. The lowest BCUT2D eigenvalue weighted by atomic mass is 10.3. The van der Waals surface area contributed by atoms with Gasteiger partial charge in [0.2, 0.25) is 8.30 Å². The number of quaternary nitrogens is 1. The molecular weight excluding hydrogens is 215 g/mol. The van der Waals surface area contributed by atoms with Gasteiger partial charge in [0.1, 0.15) is 6.54 Å². The van der Waals surface area contributed by atoms with Crippen molar-refractivity contribution in [2.75, 3.05) is 27.7 Å². The summed E-state index contributed by atoms with van der Waals surface area (Å²) >= 11 is 0. The normalized spacial score (nSPS) is 13.1. The zero-order chi connectivity index (χ0) is 12.2. The van der Waals surface area contributed by atoms with Crippen LogP contribution in [0.15, 0.2) is 12.2 Å². The number of hydrogen-bond acceptors (Lipinski definition) is 3. The van der Waals surface area contributed by atoms with Crippen molar-refractivity contribution in [3.05, 3.63) is 12.2 Å². The van der Waals surface area contributed by atoms with Crippen molar-refractivity contribution in [1.82, 2.24) is 5.09 Å². The Labute approximate surface area is 91.2 Å². The van der Waals surface area contributed by atoms with E-state index in [2.05, 4.69) is 11.7 Å². The van der Waals surface area contributed by atoms with Gasteiger partial charge in [-0.25, -0.2) is 0 Å². The summed E-state index contributed by atoms with van der Waals surface area (Å²) in [5.74, 6) is -0.488. The maximum absolute atomic E-state index is 11.4. The van der Waals surface area contributed by atoms with Crippen molar-refractivity contribution >= 4 is 19.7 Å². The first-order chi connectivity index (χ1) is 6.63. The Morgan fingerprint density at radius 3 is 2.20 bits per heavy atom. The van der Waals surface area contributed by atoms with Gasteiger partial charge in [-0.1, -0.05) is 6.58 Å². The zero-order valence-electron chi connectivity index (χ0n) is 9.57. The van der Waals surface area contributed by atoms with Gasteiger partial charge in [0.25, 0.3) is 11.4 Å². The van der Waals surface area contributed by atoms with E-state index in [-0.39, 0.29) is 17.6 Å². The minimum Gasteiger partial charge on any atom is -0.349 e. The summed E-state index contributed by atoms with van der Waals surface area (Å²) < 4.78 is 0.418. The van der Waals surface area contributed by atoms with Crippen LogP contribution in [-0.2, 0) is 9.59 Å². The number of likely N-dealkylation sites (N-methyl/N-ethyl adjacent to an activating group) is 1. The molecule has 15 heavy (non-hydrogen) atoms. The van der Waals surface area contributed by atoms with Gasteiger partial charge < -0.3 is 14.5 Å². The monoisotopic (exact) mass is 233 g/mol. The first kappa shape index (κ1) is 14.2. The van der Waals surface area contributed by atoms with Crippen LogP contribution in [0.2, 0.25) is 0 Å². The van der Waals surface area contributed by atoms with E-state index in [4.69, 9.17) is 0 Å². The highest BCUT2D eigenvalue weighted by Gasteiger charge is 2.24. The molecule has 0 saturated carbocycles. The highest BCUT2D eigenvalue weighted by atomic mass is 31.2. The molecule has 5 nitrogen and oxygen atoms in total. The van der Waals surface area contributed by atoms with Gasteiger partial charge in [-0.3, -0.25) is 9.59 Å². The number of carbonyl (C=O) groups is 2. The van der Waals surface area contributed by atoms with Crippen LogP contribution in [0.3, 0.4) is 0 Å². The van der Waals surface area contributed by atoms with E-state index >= 15 is 0 Å². The van der Waals surface area contributed by atoms with E-state index in [0.717, 1.165) is 0 Å². The van der Waals surface area contributed by atoms with Crippen LogP contribution >= 0.6 is 8.30 Å². The standard InChI is InChI=1S/C9H17N2O3P/c1-7(2)9(13)10-15(14)8(12)6-11(3,4)5/h14H,1,6H2,2-5H3/p+1. The Morgan fingerprint density at radius 1 is 1.40 bits per heavy atom. The number of rotatable bonds is 5. The molecule has 0 aliphatic carbocycles. The van der Waals surface area contributed by atoms with Gasteiger partial charge in [-0.15, -0.1) is 0 Å². The quantitative estimate of drug-likeness (QED) is 0.405. The van der Waals surface area contributed by atoms with Gasteiger partial charge in [-0.05, 0) is 6.92 Å². The Balaban J connectivity index is 4.23. The fraction of sp³-hybridized carbons (Fsp3) is 0.556. The molecule has 1 atom stereocenters. The summed E-state index contributed by atoms with van der Waals surface area (Å²) in [5, 5.41) is 2.22. The van der Waals surface area contributed by atoms with Crippen LogP contribution in [0.25, 0.3) is 0 Å². The third kappa shape index (κ3) is 6.33. The first-order valence-electron chi connectivity index (χ1n) is 4.42. The molecule has 1 amide bonds. The van der Waals surface area contributed by atoms with Crippen molar-refractivity contribution in [1.29, 1.82) is 0 Å². The highest BCUT2D eigenvalue weighted by Crippen LogP contribution is 2.26. The van der Waals surface area contributed by atoms with Gasteiger partial charge >= 0.3 is 0 Å². The molecule has 0 rings (SSSR count). The molecule has 1 unspecified atom stereocenters. The molecule has 2 N–H and O–H groups in total. The highest BCUT2D eigenvalue weighted by molar-refractivity contribution is 7.68. The van der Waals surface area contributed by atoms with E-state index in [1.807, 2.05) is 21.1 Å². The molecule has 0 aromatic rings. The topological polar surface area (TPSA) is 66.4 Å². The lowest BCUT2D eigenvalue weighted by Gasteiger charge is -2.23. The average Bonchev–Trinajstić information content (AvgIpc) is 2.00. The molecule has 0 heterocycles. The second-order valence-electron chi connectivity index (χ2n) is 4.38. The fourth-order valence-corrected chi connectivity index (χ4v) is 1.79. The summed E-state index contributed by atoms with van der Waals surface area (Å²) in [5.41, 5.74) is -0.0818. The second kappa shape index (κ2) is 5.35. The SMILES string of the molecule is C=C(C)C(=O)NP(O)C(=O)C[N+](C)(C)C. The molecule has 0 aromatic heterocycles. The minimum absolute atomic E-state index is 0.179.